The monoisotopic (exact) mass is 593 g/mol. The van der Waals surface area contributed by atoms with Crippen molar-refractivity contribution in [2.45, 2.75) is 110 Å². The summed E-state index contributed by atoms with van der Waals surface area (Å²) < 4.78 is 33.8. The molecule has 1 aliphatic heterocycles. The lowest BCUT2D eigenvalue weighted by molar-refractivity contribution is -0.301. The molecule has 0 saturated carbocycles. The van der Waals surface area contributed by atoms with Crippen LogP contribution in [0.2, 0.25) is 0 Å². The lowest BCUT2D eigenvalue weighted by Crippen LogP contribution is -2.46. The number of hydrogen-bond acceptors (Lipinski definition) is 6. The summed E-state index contributed by atoms with van der Waals surface area (Å²) in [6.07, 6.45) is 0.675. The average Bonchev–Trinajstić information content (AvgIpc) is 3.29. The molecule has 9 heteroatoms. The van der Waals surface area contributed by atoms with Crippen LogP contribution >= 0.6 is 0 Å². The van der Waals surface area contributed by atoms with Crippen molar-refractivity contribution in [1.29, 1.82) is 0 Å². The van der Waals surface area contributed by atoms with Gasteiger partial charge in [-0.05, 0) is 76.8 Å². The number of ether oxygens (including phenoxy) is 3. The van der Waals surface area contributed by atoms with Gasteiger partial charge >= 0.3 is 5.97 Å². The van der Waals surface area contributed by atoms with Gasteiger partial charge in [-0.2, -0.15) is 0 Å². The van der Waals surface area contributed by atoms with E-state index in [0.29, 0.717) is 43.0 Å². The molecule has 2 atom stereocenters. The Bertz CT molecular complexity index is 1390. The first-order chi connectivity index (χ1) is 20.2. The Hall–Kier alpha value is -3.56. The van der Waals surface area contributed by atoms with E-state index >= 15 is 0 Å². The molecule has 2 aromatic carbocycles. The number of nitrogens with zero attached hydrogens (tertiary/aromatic N) is 2. The van der Waals surface area contributed by atoms with Crippen molar-refractivity contribution >= 4 is 11.9 Å². The molecule has 2 heterocycles. The molecule has 0 bridgehead atoms. The summed E-state index contributed by atoms with van der Waals surface area (Å²) in [7, 11) is 0. The van der Waals surface area contributed by atoms with E-state index in [2.05, 4.69) is 5.32 Å². The standard InChI is InChI=1S/C34H44FN3O5/c1-22(2)30-29(32(40)36-21-23-11-9-8-10-12-23)37-31(24-13-15-25(35)16-14-24)38(30)18-17-26-19-27(42-34(6,7)41-26)20-28(39)43-33(3,4)5/h8-16,22,26-27H,17-21H2,1-7H3,(H,36,40)/t26-,27?/m1/s1. The molecule has 1 aromatic heterocycles. The molecule has 43 heavy (non-hydrogen) atoms. The van der Waals surface area contributed by atoms with Crippen molar-refractivity contribution in [3.63, 3.8) is 0 Å². The number of imidazole rings is 1. The Balaban J connectivity index is 1.59. The number of esters is 1. The molecule has 3 aromatic rings. The molecule has 1 aliphatic rings. The van der Waals surface area contributed by atoms with Crippen molar-refractivity contribution < 1.29 is 28.2 Å². The van der Waals surface area contributed by atoms with Gasteiger partial charge in [0.15, 0.2) is 5.79 Å². The van der Waals surface area contributed by atoms with Gasteiger partial charge in [-0.25, -0.2) is 9.37 Å². The van der Waals surface area contributed by atoms with Gasteiger partial charge in [0.05, 0.1) is 24.3 Å². The topological polar surface area (TPSA) is 91.7 Å². The normalized spacial score (nSPS) is 18.4. The predicted octanol–water partition coefficient (Wildman–Crippen LogP) is 6.77. The molecule has 1 N–H and O–H groups in total. The number of hydrogen-bond donors (Lipinski definition) is 1. The van der Waals surface area contributed by atoms with Crippen LogP contribution in [0, 0.1) is 5.82 Å². The molecular weight excluding hydrogens is 549 g/mol. The first-order valence-electron chi connectivity index (χ1n) is 15.0. The van der Waals surface area contributed by atoms with Gasteiger partial charge in [-0.1, -0.05) is 44.2 Å². The van der Waals surface area contributed by atoms with E-state index in [-0.39, 0.29) is 42.2 Å². The number of benzene rings is 2. The van der Waals surface area contributed by atoms with Crippen LogP contribution in [0.15, 0.2) is 54.6 Å². The number of carbonyl (C=O) groups excluding carboxylic acids is 2. The van der Waals surface area contributed by atoms with Crippen molar-refractivity contribution in [2.24, 2.45) is 0 Å². The zero-order chi connectivity index (χ0) is 31.4. The van der Waals surface area contributed by atoms with Gasteiger partial charge in [-0.3, -0.25) is 9.59 Å². The lowest BCUT2D eigenvalue weighted by atomic mass is 10.0. The molecule has 0 radical (unpaired) electrons. The third-order valence-corrected chi connectivity index (χ3v) is 7.08. The molecule has 1 amide bonds. The van der Waals surface area contributed by atoms with Crippen molar-refractivity contribution in [3.05, 3.63) is 77.4 Å². The van der Waals surface area contributed by atoms with Crippen LogP contribution < -0.4 is 5.32 Å². The summed E-state index contributed by atoms with van der Waals surface area (Å²) in [5.41, 5.74) is 2.26. The van der Waals surface area contributed by atoms with E-state index in [1.54, 1.807) is 12.1 Å². The fraction of sp³-hybridized carbons (Fsp3) is 0.500. The first kappa shape index (κ1) is 32.4. The van der Waals surface area contributed by atoms with E-state index in [1.807, 2.05) is 83.4 Å². The zero-order valence-corrected chi connectivity index (χ0v) is 26.3. The molecule has 232 valence electrons. The van der Waals surface area contributed by atoms with Gasteiger partial charge in [0.2, 0.25) is 0 Å². The third kappa shape index (κ3) is 8.97. The van der Waals surface area contributed by atoms with Crippen molar-refractivity contribution in [2.75, 3.05) is 0 Å². The fourth-order valence-corrected chi connectivity index (χ4v) is 5.49. The lowest BCUT2D eigenvalue weighted by Gasteiger charge is -2.41. The van der Waals surface area contributed by atoms with Crippen LogP contribution in [0.5, 0.6) is 0 Å². The smallest absolute Gasteiger partial charge is 0.308 e. The molecule has 0 aliphatic carbocycles. The summed E-state index contributed by atoms with van der Waals surface area (Å²) in [6, 6.07) is 15.8. The van der Waals surface area contributed by atoms with Gasteiger partial charge in [-0.15, -0.1) is 0 Å². The molecule has 0 spiro atoms. The molecule has 1 fully saturated rings. The number of amides is 1. The van der Waals surface area contributed by atoms with E-state index in [0.717, 1.165) is 11.3 Å². The number of rotatable bonds is 10. The highest BCUT2D eigenvalue weighted by Crippen LogP contribution is 2.33. The minimum atomic E-state index is -0.881. The maximum absolute atomic E-state index is 13.8. The molecule has 1 saturated heterocycles. The molecular formula is C34H44FN3O5. The number of aromatic nitrogens is 2. The van der Waals surface area contributed by atoms with E-state index < -0.39 is 11.4 Å². The minimum absolute atomic E-state index is 0.0221. The predicted molar refractivity (Wildman–Crippen MR) is 163 cm³/mol. The maximum atomic E-state index is 13.8. The quantitative estimate of drug-likeness (QED) is 0.261. The van der Waals surface area contributed by atoms with Crippen molar-refractivity contribution in [1.82, 2.24) is 14.9 Å². The molecule has 8 nitrogen and oxygen atoms in total. The van der Waals surface area contributed by atoms with E-state index in [1.165, 1.54) is 12.1 Å². The van der Waals surface area contributed by atoms with Gasteiger partial charge in [0.25, 0.3) is 5.91 Å². The summed E-state index contributed by atoms with van der Waals surface area (Å²) in [4.78, 5) is 30.9. The second kappa shape index (κ2) is 13.4. The molecule has 1 unspecified atom stereocenters. The largest absolute Gasteiger partial charge is 0.460 e. The van der Waals surface area contributed by atoms with Crippen LogP contribution in [0.4, 0.5) is 4.39 Å². The number of nitrogens with one attached hydrogen (secondary N) is 1. The van der Waals surface area contributed by atoms with Crippen LogP contribution in [-0.4, -0.2) is 45.0 Å². The van der Waals surface area contributed by atoms with Gasteiger partial charge in [0, 0.05) is 25.1 Å². The Morgan fingerprint density at radius 1 is 1.07 bits per heavy atom. The maximum Gasteiger partial charge on any atom is 0.308 e. The Kier molecular flexibility index (Phi) is 10.1. The Labute approximate surface area is 253 Å². The highest BCUT2D eigenvalue weighted by Gasteiger charge is 2.37. The average molecular weight is 594 g/mol. The Morgan fingerprint density at radius 2 is 1.72 bits per heavy atom. The fourth-order valence-electron chi connectivity index (χ4n) is 5.49. The SMILES string of the molecule is CC(C)c1c(C(=O)NCc2ccccc2)nc(-c2ccc(F)cc2)n1CC[C@@H]1CC(CC(=O)OC(C)(C)C)OC(C)(C)O1. The first-order valence-corrected chi connectivity index (χ1v) is 15.0. The second-order valence-corrected chi connectivity index (χ2v) is 12.8. The highest BCUT2D eigenvalue weighted by atomic mass is 19.1. The van der Waals surface area contributed by atoms with Gasteiger partial charge in [0.1, 0.15) is 22.9 Å². The third-order valence-electron chi connectivity index (χ3n) is 7.08. The van der Waals surface area contributed by atoms with Crippen LogP contribution in [0.25, 0.3) is 11.4 Å². The van der Waals surface area contributed by atoms with Gasteiger partial charge < -0.3 is 24.1 Å². The van der Waals surface area contributed by atoms with Crippen LogP contribution in [0.1, 0.15) is 95.4 Å². The number of carbonyl (C=O) groups is 2. The number of halogens is 1. The van der Waals surface area contributed by atoms with E-state index in [4.69, 9.17) is 19.2 Å². The summed E-state index contributed by atoms with van der Waals surface area (Å²) >= 11 is 0. The van der Waals surface area contributed by atoms with Crippen LogP contribution in [0.3, 0.4) is 0 Å². The van der Waals surface area contributed by atoms with Crippen molar-refractivity contribution in [3.8, 4) is 11.4 Å². The minimum Gasteiger partial charge on any atom is -0.460 e. The summed E-state index contributed by atoms with van der Waals surface area (Å²) in [6.45, 7) is 14.1. The summed E-state index contributed by atoms with van der Waals surface area (Å²) in [5, 5.41) is 3.01. The zero-order valence-electron chi connectivity index (χ0n) is 26.3. The highest BCUT2D eigenvalue weighted by molar-refractivity contribution is 5.94. The summed E-state index contributed by atoms with van der Waals surface area (Å²) in [5.74, 6) is -1.24. The second-order valence-electron chi connectivity index (χ2n) is 12.8. The molecule has 4 rings (SSSR count). The van der Waals surface area contributed by atoms with E-state index in [9.17, 15) is 14.0 Å². The van der Waals surface area contributed by atoms with Crippen LogP contribution in [-0.2, 0) is 32.1 Å². The Morgan fingerprint density at radius 3 is 2.35 bits per heavy atom.